The molecule has 238 valence electrons. The summed E-state index contributed by atoms with van der Waals surface area (Å²) in [7, 11) is -3.75. The highest BCUT2D eigenvalue weighted by molar-refractivity contribution is 7.91. The van der Waals surface area contributed by atoms with E-state index in [2.05, 4.69) is 15.6 Å². The number of nitrogens with one attached hydrogen (secondary N) is 2. The Labute approximate surface area is 257 Å². The monoisotopic (exact) mass is 630 g/mol. The molecule has 0 unspecified atom stereocenters. The Morgan fingerprint density at radius 3 is 2.39 bits per heavy atom. The summed E-state index contributed by atoms with van der Waals surface area (Å²) in [6.45, 7) is 4.35. The molecule has 1 heterocycles. The molecule has 2 aromatic carbocycles. The van der Waals surface area contributed by atoms with E-state index in [4.69, 9.17) is 10.5 Å². The zero-order chi connectivity index (χ0) is 32.1. The molecular weight excluding hydrogens is 590 g/mol. The molecule has 12 heteroatoms. The first-order valence-corrected chi connectivity index (χ1v) is 16.4. The molecule has 1 aromatic heterocycles. The van der Waals surface area contributed by atoms with Gasteiger partial charge < -0.3 is 21.1 Å². The van der Waals surface area contributed by atoms with Crippen LogP contribution in [0.3, 0.4) is 0 Å². The molecule has 44 heavy (non-hydrogen) atoms. The molecule has 3 rings (SSSR count). The fraction of sp³-hybridized carbons (Fsp3) is 0.406. The number of carbonyl (C=O) groups is 2. The molecule has 0 saturated carbocycles. The third kappa shape index (κ3) is 11.4. The van der Waals surface area contributed by atoms with Crippen LogP contribution in [0.4, 0.5) is 8.78 Å². The van der Waals surface area contributed by atoms with Gasteiger partial charge in [-0.05, 0) is 60.2 Å². The number of sulfone groups is 1. The Kier molecular flexibility index (Phi) is 13.4. The van der Waals surface area contributed by atoms with E-state index in [-0.39, 0.29) is 29.8 Å². The maximum atomic E-state index is 13.9. The van der Waals surface area contributed by atoms with Gasteiger partial charge in [-0.2, -0.15) is 0 Å². The summed E-state index contributed by atoms with van der Waals surface area (Å²) in [6.07, 6.45) is 3.55. The summed E-state index contributed by atoms with van der Waals surface area (Å²) < 4.78 is 59.2. The van der Waals surface area contributed by atoms with E-state index in [1.54, 1.807) is 0 Å². The summed E-state index contributed by atoms with van der Waals surface area (Å²) in [5.41, 5.74) is 8.96. The Bertz CT molecular complexity index is 1470. The van der Waals surface area contributed by atoms with E-state index in [9.17, 15) is 26.8 Å². The lowest BCUT2D eigenvalue weighted by atomic mass is 10.0. The number of unbranched alkanes of at least 4 members (excludes halogenated alkanes) is 1. The highest BCUT2D eigenvalue weighted by Crippen LogP contribution is 2.14. The zero-order valence-corrected chi connectivity index (χ0v) is 25.8. The van der Waals surface area contributed by atoms with E-state index in [0.717, 1.165) is 35.7 Å². The van der Waals surface area contributed by atoms with Gasteiger partial charge in [0.1, 0.15) is 23.8 Å². The van der Waals surface area contributed by atoms with Crippen LogP contribution in [0.1, 0.15) is 53.7 Å². The molecule has 1 amide bonds. The number of pyridine rings is 1. The van der Waals surface area contributed by atoms with Crippen molar-refractivity contribution in [2.24, 2.45) is 5.73 Å². The third-order valence-electron chi connectivity index (χ3n) is 6.96. The van der Waals surface area contributed by atoms with Gasteiger partial charge in [0.2, 0.25) is 0 Å². The van der Waals surface area contributed by atoms with Crippen molar-refractivity contribution in [2.45, 2.75) is 64.3 Å². The normalized spacial score (nSPS) is 13.6. The van der Waals surface area contributed by atoms with Crippen molar-refractivity contribution in [3.8, 4) is 0 Å². The summed E-state index contributed by atoms with van der Waals surface area (Å²) in [5, 5.41) is 5.69. The molecule has 0 fully saturated rings. The van der Waals surface area contributed by atoms with Gasteiger partial charge in [0.25, 0.3) is 5.91 Å². The zero-order valence-electron chi connectivity index (χ0n) is 25.0. The lowest BCUT2D eigenvalue weighted by molar-refractivity contribution is -0.151. The van der Waals surface area contributed by atoms with Crippen LogP contribution >= 0.6 is 0 Å². The summed E-state index contributed by atoms with van der Waals surface area (Å²) in [4.78, 5) is 30.3. The Balaban J connectivity index is 1.83. The number of aryl methyl sites for hydroxylation is 1. The van der Waals surface area contributed by atoms with Crippen molar-refractivity contribution >= 4 is 21.7 Å². The summed E-state index contributed by atoms with van der Waals surface area (Å²) in [6, 6.07) is 11.5. The molecule has 0 saturated heterocycles. The molecule has 0 aliphatic heterocycles. The van der Waals surface area contributed by atoms with Gasteiger partial charge >= 0.3 is 5.97 Å². The van der Waals surface area contributed by atoms with Crippen molar-refractivity contribution in [3.05, 3.63) is 101 Å². The second-order valence-electron chi connectivity index (χ2n) is 10.7. The smallest absolute Gasteiger partial charge is 0.330 e. The fourth-order valence-electron chi connectivity index (χ4n) is 4.57. The Morgan fingerprint density at radius 2 is 1.73 bits per heavy atom. The number of benzene rings is 2. The predicted molar refractivity (Wildman–Crippen MR) is 164 cm³/mol. The van der Waals surface area contributed by atoms with Crippen molar-refractivity contribution in [1.29, 1.82) is 0 Å². The minimum Gasteiger partial charge on any atom is -0.458 e. The largest absolute Gasteiger partial charge is 0.458 e. The first-order chi connectivity index (χ1) is 21.0. The lowest BCUT2D eigenvalue weighted by Gasteiger charge is -2.27. The molecular formula is C32H40F2N4O5S. The maximum Gasteiger partial charge on any atom is 0.330 e. The van der Waals surface area contributed by atoms with Crippen LogP contribution in [0.25, 0.3) is 0 Å². The van der Waals surface area contributed by atoms with Gasteiger partial charge in [-0.3, -0.25) is 9.78 Å². The third-order valence-corrected chi connectivity index (χ3v) is 8.71. The van der Waals surface area contributed by atoms with Gasteiger partial charge in [-0.1, -0.05) is 44.5 Å². The second kappa shape index (κ2) is 16.9. The molecule has 3 atom stereocenters. The summed E-state index contributed by atoms with van der Waals surface area (Å²) in [5.74, 6) is -4.08. The van der Waals surface area contributed by atoms with Crippen molar-refractivity contribution in [1.82, 2.24) is 15.6 Å². The molecule has 3 aromatic rings. The van der Waals surface area contributed by atoms with E-state index < -0.39 is 57.3 Å². The first kappa shape index (κ1) is 34.7. The number of ether oxygens (including phenoxy) is 1. The van der Waals surface area contributed by atoms with Crippen molar-refractivity contribution in [3.63, 3.8) is 0 Å². The van der Waals surface area contributed by atoms with Crippen LogP contribution in [0, 0.1) is 11.6 Å². The van der Waals surface area contributed by atoms with E-state index in [0.29, 0.717) is 19.4 Å². The molecule has 0 aliphatic rings. The average molecular weight is 631 g/mol. The Hall–Kier alpha value is -3.74. The number of nitrogens with zero attached hydrogens (tertiary/aromatic N) is 1. The molecule has 9 nitrogen and oxygen atoms in total. The number of esters is 1. The standard InChI is InChI=1S/C32H40F2N4O5S/c1-3-5-12-44(41,42)21-29(38-31(39)25-10-7-11-36-19-25)32(40)43-30(20-37-18-23-9-6-8-22(4-2)13-23)28(35)16-24-14-26(33)17-27(34)15-24/h6-11,13-15,17,19,28-30,37H,3-5,12,16,18,20-21,35H2,1-2H3,(H,38,39)/t28-,29-,30+/m0/s1. The van der Waals surface area contributed by atoms with Crippen molar-refractivity contribution < 1.29 is 31.5 Å². The molecule has 0 spiro atoms. The van der Waals surface area contributed by atoms with E-state index >= 15 is 0 Å². The molecule has 0 bridgehead atoms. The van der Waals surface area contributed by atoms with Crippen molar-refractivity contribution in [2.75, 3.05) is 18.1 Å². The van der Waals surface area contributed by atoms with Gasteiger partial charge in [-0.25, -0.2) is 22.0 Å². The van der Waals surface area contributed by atoms with Crippen LogP contribution in [0.15, 0.2) is 67.0 Å². The van der Waals surface area contributed by atoms with Gasteiger partial charge in [0.15, 0.2) is 9.84 Å². The van der Waals surface area contributed by atoms with Gasteiger partial charge in [0.05, 0.1) is 17.1 Å². The molecule has 4 N–H and O–H groups in total. The van der Waals surface area contributed by atoms with Crippen LogP contribution in [0.5, 0.6) is 0 Å². The summed E-state index contributed by atoms with van der Waals surface area (Å²) >= 11 is 0. The second-order valence-corrected chi connectivity index (χ2v) is 12.9. The number of rotatable bonds is 17. The topological polar surface area (TPSA) is 140 Å². The number of halogens is 2. The van der Waals surface area contributed by atoms with Crippen LogP contribution < -0.4 is 16.4 Å². The Morgan fingerprint density at radius 1 is 1.00 bits per heavy atom. The molecule has 0 aliphatic carbocycles. The quantitative estimate of drug-likeness (QED) is 0.193. The minimum absolute atomic E-state index is 0.0405. The maximum absolute atomic E-state index is 13.9. The first-order valence-electron chi connectivity index (χ1n) is 14.6. The number of hydrogen-bond donors (Lipinski definition) is 3. The van der Waals surface area contributed by atoms with Crippen LogP contribution in [-0.4, -0.2) is 61.5 Å². The number of carbonyl (C=O) groups excluding carboxylic acids is 2. The van der Waals surface area contributed by atoms with Gasteiger partial charge in [0, 0.05) is 37.6 Å². The fourth-order valence-corrected chi connectivity index (χ4v) is 6.19. The number of aromatic nitrogens is 1. The number of hydrogen-bond acceptors (Lipinski definition) is 8. The van der Waals surface area contributed by atoms with Crippen LogP contribution in [0.2, 0.25) is 0 Å². The number of amides is 1. The predicted octanol–water partition coefficient (Wildman–Crippen LogP) is 3.51. The lowest BCUT2D eigenvalue weighted by Crippen LogP contribution is -2.51. The average Bonchev–Trinajstić information content (AvgIpc) is 2.99. The SMILES string of the molecule is CCCCS(=O)(=O)C[C@H](NC(=O)c1cccnc1)C(=O)O[C@H](CNCc1cccc(CC)c1)[C@@H](N)Cc1cc(F)cc(F)c1. The molecule has 0 radical (unpaired) electrons. The van der Waals surface area contributed by atoms with Gasteiger partial charge in [-0.15, -0.1) is 0 Å². The number of nitrogens with two attached hydrogens (primary N) is 1. The van der Waals surface area contributed by atoms with E-state index in [1.165, 1.54) is 24.5 Å². The highest BCUT2D eigenvalue weighted by atomic mass is 32.2. The highest BCUT2D eigenvalue weighted by Gasteiger charge is 2.32. The van der Waals surface area contributed by atoms with Crippen LogP contribution in [-0.2, 0) is 38.8 Å². The van der Waals surface area contributed by atoms with E-state index in [1.807, 2.05) is 38.1 Å². The minimum atomic E-state index is -3.75.